The van der Waals surface area contributed by atoms with Gasteiger partial charge in [0.25, 0.3) is 10.0 Å². The maximum atomic E-state index is 12.7. The van der Waals surface area contributed by atoms with Crippen LogP contribution in [0.2, 0.25) is 5.15 Å². The van der Waals surface area contributed by atoms with Gasteiger partial charge in [-0.25, -0.2) is 28.4 Å². The number of sulfonamides is 1. The summed E-state index contributed by atoms with van der Waals surface area (Å²) in [6, 6.07) is 11.8. The third kappa shape index (κ3) is 3.93. The second-order valence-corrected chi connectivity index (χ2v) is 9.73. The summed E-state index contributed by atoms with van der Waals surface area (Å²) in [5.74, 6) is 0. The van der Waals surface area contributed by atoms with Crippen LogP contribution in [-0.2, 0) is 10.0 Å². The maximum absolute atomic E-state index is 12.7. The molecule has 0 atom stereocenters. The van der Waals surface area contributed by atoms with E-state index in [0.29, 0.717) is 0 Å². The minimum Gasteiger partial charge on any atom is -0.276 e. The van der Waals surface area contributed by atoms with E-state index in [1.807, 2.05) is 11.4 Å². The van der Waals surface area contributed by atoms with Crippen molar-refractivity contribution in [3.63, 3.8) is 0 Å². The van der Waals surface area contributed by atoms with Crippen molar-refractivity contribution in [2.45, 2.75) is 4.90 Å². The van der Waals surface area contributed by atoms with Gasteiger partial charge < -0.3 is 0 Å². The van der Waals surface area contributed by atoms with Gasteiger partial charge in [-0.05, 0) is 24.3 Å². The third-order valence-corrected chi connectivity index (χ3v) is 7.36. The molecular formula is C22H14ClN5O2S2. The largest absolute Gasteiger partial charge is 0.276 e. The molecule has 7 nitrogen and oxygen atoms in total. The van der Waals surface area contributed by atoms with Gasteiger partial charge in [-0.1, -0.05) is 29.8 Å². The predicted octanol–water partition coefficient (Wildman–Crippen LogP) is 5.27. The number of thiophene rings is 1. The molecule has 1 aromatic carbocycles. The number of hydrogen-bond acceptors (Lipinski definition) is 7. The van der Waals surface area contributed by atoms with E-state index in [4.69, 9.17) is 11.6 Å². The number of aromatic nitrogens is 4. The van der Waals surface area contributed by atoms with Crippen LogP contribution in [0, 0.1) is 0 Å². The Balaban J connectivity index is 1.56. The highest BCUT2D eigenvalue weighted by Gasteiger charge is 2.18. The Hall–Kier alpha value is -3.40. The number of nitrogens with one attached hydrogen (secondary N) is 1. The van der Waals surface area contributed by atoms with Crippen molar-refractivity contribution < 1.29 is 8.42 Å². The van der Waals surface area contributed by atoms with Crippen LogP contribution in [0.25, 0.3) is 32.5 Å². The quantitative estimate of drug-likeness (QED) is 0.345. The zero-order chi connectivity index (χ0) is 22.1. The van der Waals surface area contributed by atoms with Crippen LogP contribution >= 0.6 is 22.9 Å². The molecule has 5 aromatic rings. The smallest absolute Gasteiger partial charge is 0.261 e. The van der Waals surface area contributed by atoms with E-state index in [2.05, 4.69) is 24.7 Å². The molecule has 0 radical (unpaired) electrons. The number of fused-ring (bicyclic) bond motifs is 1. The van der Waals surface area contributed by atoms with Gasteiger partial charge in [0.1, 0.15) is 11.2 Å². The molecule has 5 rings (SSSR count). The first-order chi connectivity index (χ1) is 15.5. The zero-order valence-electron chi connectivity index (χ0n) is 16.3. The second-order valence-electron chi connectivity index (χ2n) is 6.83. The van der Waals surface area contributed by atoms with Crippen LogP contribution in [-0.4, -0.2) is 28.4 Å². The van der Waals surface area contributed by atoms with Gasteiger partial charge in [-0.15, -0.1) is 11.3 Å². The fourth-order valence-electron chi connectivity index (χ4n) is 3.22. The minimum atomic E-state index is -3.80. The Morgan fingerprint density at radius 3 is 2.41 bits per heavy atom. The van der Waals surface area contributed by atoms with E-state index in [0.717, 1.165) is 32.5 Å². The van der Waals surface area contributed by atoms with E-state index in [9.17, 15) is 8.42 Å². The molecule has 4 aromatic heterocycles. The van der Waals surface area contributed by atoms with Crippen molar-refractivity contribution in [2.24, 2.45) is 0 Å². The lowest BCUT2D eigenvalue weighted by Crippen LogP contribution is -2.13. The number of halogens is 1. The first-order valence-corrected chi connectivity index (χ1v) is 12.1. The predicted molar refractivity (Wildman–Crippen MR) is 126 cm³/mol. The fraction of sp³-hybridized carbons (Fsp3) is 0. The van der Waals surface area contributed by atoms with Gasteiger partial charge in [-0.2, -0.15) is 0 Å². The topological polar surface area (TPSA) is 97.7 Å². The monoisotopic (exact) mass is 479 g/mol. The molecule has 158 valence electrons. The van der Waals surface area contributed by atoms with Gasteiger partial charge in [0.15, 0.2) is 5.15 Å². The van der Waals surface area contributed by atoms with Crippen LogP contribution in [0.1, 0.15) is 0 Å². The summed E-state index contributed by atoms with van der Waals surface area (Å²) in [5, 5.41) is 2.94. The van der Waals surface area contributed by atoms with Crippen molar-refractivity contribution in [3.05, 3.63) is 84.1 Å². The second kappa shape index (κ2) is 8.27. The summed E-state index contributed by atoms with van der Waals surface area (Å²) in [7, 11) is -3.80. The lowest BCUT2D eigenvalue weighted by Gasteiger charge is -2.11. The van der Waals surface area contributed by atoms with Crippen LogP contribution in [0.4, 0.5) is 5.69 Å². The number of benzene rings is 1. The van der Waals surface area contributed by atoms with Gasteiger partial charge in [0, 0.05) is 57.8 Å². The first kappa shape index (κ1) is 20.5. The standard InChI is InChI=1S/C22H14ClN5O2S2/c23-21-20(28-32(29,30)17-4-2-1-3-5-17)7-15(11-26-21)19-12-31-22-18(19)6-14(10-27-22)16-8-24-13-25-9-16/h1-13,28H. The Morgan fingerprint density at radius 1 is 0.875 bits per heavy atom. The van der Waals surface area contributed by atoms with Gasteiger partial charge in [0.05, 0.1) is 10.6 Å². The lowest BCUT2D eigenvalue weighted by molar-refractivity contribution is 0.601. The molecule has 10 heteroatoms. The van der Waals surface area contributed by atoms with Crippen molar-refractivity contribution >= 4 is 48.9 Å². The summed E-state index contributed by atoms with van der Waals surface area (Å²) in [6.45, 7) is 0. The molecule has 32 heavy (non-hydrogen) atoms. The van der Waals surface area contributed by atoms with Gasteiger partial charge in [-0.3, -0.25) is 4.72 Å². The highest BCUT2D eigenvalue weighted by Crippen LogP contribution is 2.37. The Kier molecular flexibility index (Phi) is 5.30. The average molecular weight is 480 g/mol. The molecule has 0 aliphatic carbocycles. The number of rotatable bonds is 5. The molecule has 0 unspecified atom stereocenters. The molecule has 0 bridgehead atoms. The molecule has 0 aliphatic rings. The van der Waals surface area contributed by atoms with E-state index >= 15 is 0 Å². The van der Waals surface area contributed by atoms with Crippen LogP contribution < -0.4 is 4.72 Å². The minimum absolute atomic E-state index is 0.0630. The van der Waals surface area contributed by atoms with Crippen LogP contribution in [0.15, 0.2) is 83.9 Å². The Bertz CT molecular complexity index is 1520. The summed E-state index contributed by atoms with van der Waals surface area (Å²) >= 11 is 7.70. The van der Waals surface area contributed by atoms with E-state index in [-0.39, 0.29) is 15.7 Å². The normalized spacial score (nSPS) is 11.5. The highest BCUT2D eigenvalue weighted by atomic mass is 35.5. The summed E-state index contributed by atoms with van der Waals surface area (Å²) in [4.78, 5) is 17.9. The zero-order valence-corrected chi connectivity index (χ0v) is 18.7. The SMILES string of the molecule is O=S(=O)(Nc1cc(-c2csc3ncc(-c4cncnc4)cc23)cnc1Cl)c1ccccc1. The first-order valence-electron chi connectivity index (χ1n) is 9.38. The highest BCUT2D eigenvalue weighted by molar-refractivity contribution is 7.92. The van der Waals surface area contributed by atoms with Crippen LogP contribution in [0.5, 0.6) is 0 Å². The average Bonchev–Trinajstić information content (AvgIpc) is 3.25. The van der Waals surface area contributed by atoms with E-state index < -0.39 is 10.0 Å². The Morgan fingerprint density at radius 2 is 1.62 bits per heavy atom. The van der Waals surface area contributed by atoms with Crippen molar-refractivity contribution in [2.75, 3.05) is 4.72 Å². The number of nitrogens with zero attached hydrogens (tertiary/aromatic N) is 4. The van der Waals surface area contributed by atoms with E-state index in [1.54, 1.807) is 49.1 Å². The van der Waals surface area contributed by atoms with E-state index in [1.165, 1.54) is 29.8 Å². The molecule has 4 heterocycles. The fourth-order valence-corrected chi connectivity index (χ4v) is 5.40. The van der Waals surface area contributed by atoms with Crippen LogP contribution in [0.3, 0.4) is 0 Å². The molecule has 1 N–H and O–H groups in total. The number of hydrogen-bond donors (Lipinski definition) is 1. The molecule has 0 saturated heterocycles. The lowest BCUT2D eigenvalue weighted by atomic mass is 10.0. The van der Waals surface area contributed by atoms with Gasteiger partial charge >= 0.3 is 0 Å². The maximum Gasteiger partial charge on any atom is 0.261 e. The molecule has 0 aliphatic heterocycles. The van der Waals surface area contributed by atoms with Crippen molar-refractivity contribution in [3.8, 4) is 22.3 Å². The number of pyridine rings is 2. The molecule has 0 spiro atoms. The van der Waals surface area contributed by atoms with Crippen molar-refractivity contribution in [1.29, 1.82) is 0 Å². The molecule has 0 fully saturated rings. The molecule has 0 amide bonds. The summed E-state index contributed by atoms with van der Waals surface area (Å²) in [5.41, 5.74) is 3.53. The number of anilines is 1. The molecule has 0 saturated carbocycles. The third-order valence-electron chi connectivity index (χ3n) is 4.77. The van der Waals surface area contributed by atoms with Crippen molar-refractivity contribution in [1.82, 2.24) is 19.9 Å². The molecular weight excluding hydrogens is 466 g/mol. The van der Waals surface area contributed by atoms with Gasteiger partial charge in [0.2, 0.25) is 0 Å². The summed E-state index contributed by atoms with van der Waals surface area (Å²) < 4.78 is 28.0. The Labute approximate surface area is 192 Å². The summed E-state index contributed by atoms with van der Waals surface area (Å²) in [6.07, 6.45) is 8.32.